The minimum absolute atomic E-state index is 0.0565. The van der Waals surface area contributed by atoms with E-state index in [1.165, 1.54) is 7.11 Å². The van der Waals surface area contributed by atoms with E-state index in [1.807, 2.05) is 20.8 Å². The molecule has 0 aliphatic rings. The lowest BCUT2D eigenvalue weighted by molar-refractivity contribution is -0.128. The van der Waals surface area contributed by atoms with Crippen LogP contribution in [-0.4, -0.2) is 19.1 Å². The van der Waals surface area contributed by atoms with Crippen molar-refractivity contribution in [2.75, 3.05) is 7.11 Å². The fraction of sp³-hybridized carbons (Fsp3) is 0.700. The topological polar surface area (TPSA) is 62.5 Å². The van der Waals surface area contributed by atoms with Crippen LogP contribution in [0.15, 0.2) is 17.3 Å². The molecule has 0 aromatic rings. The summed E-state index contributed by atoms with van der Waals surface area (Å²) in [6.07, 6.45) is -0.250. The maximum Gasteiger partial charge on any atom is 0.292 e. The fourth-order valence-corrected chi connectivity index (χ4v) is 0.873. The maximum atomic E-state index is 11.1. The highest BCUT2D eigenvalue weighted by Gasteiger charge is 2.23. The van der Waals surface area contributed by atoms with E-state index in [0.717, 1.165) is 5.57 Å². The Morgan fingerprint density at radius 3 is 2.36 bits per heavy atom. The molecule has 0 spiro atoms. The molecule has 1 atom stereocenters. The van der Waals surface area contributed by atoms with Crippen LogP contribution in [0, 0.1) is 10.9 Å². The highest BCUT2D eigenvalue weighted by Crippen LogP contribution is 2.27. The summed E-state index contributed by atoms with van der Waals surface area (Å²) in [6.45, 7) is 9.95. The van der Waals surface area contributed by atoms with Crippen molar-refractivity contribution in [3.63, 3.8) is 0 Å². The quantitative estimate of drug-likeness (QED) is 0.557. The van der Waals surface area contributed by atoms with Crippen molar-refractivity contribution in [2.45, 2.75) is 33.3 Å². The van der Waals surface area contributed by atoms with E-state index in [2.05, 4.69) is 11.7 Å². The number of methoxy groups -OCH3 is 1. The van der Waals surface area contributed by atoms with Gasteiger partial charge in [-0.3, -0.25) is 4.79 Å². The lowest BCUT2D eigenvalue weighted by Gasteiger charge is -2.24. The summed E-state index contributed by atoms with van der Waals surface area (Å²) in [5, 5.41) is 2.84. The van der Waals surface area contributed by atoms with Crippen molar-refractivity contribution in [1.82, 2.24) is 0 Å². The Bertz CT molecular complexity index is 241. The first kappa shape index (κ1) is 13.0. The molecule has 0 radical (unpaired) electrons. The van der Waals surface area contributed by atoms with E-state index in [4.69, 9.17) is 10.3 Å². The van der Waals surface area contributed by atoms with Gasteiger partial charge in [0.25, 0.3) is 5.91 Å². The maximum absolute atomic E-state index is 11.1. The summed E-state index contributed by atoms with van der Waals surface area (Å²) >= 11 is 0. The molecule has 0 saturated carbocycles. The van der Waals surface area contributed by atoms with E-state index >= 15 is 0 Å². The first-order valence-electron chi connectivity index (χ1n) is 4.45. The van der Waals surface area contributed by atoms with E-state index in [0.29, 0.717) is 6.42 Å². The largest absolute Gasteiger partial charge is 0.371 e. The summed E-state index contributed by atoms with van der Waals surface area (Å²) in [7, 11) is 1.43. The molecule has 0 aromatic heterocycles. The molecule has 0 aliphatic carbocycles. The second kappa shape index (κ2) is 5.00. The predicted molar refractivity (Wildman–Crippen MR) is 54.2 cm³/mol. The van der Waals surface area contributed by atoms with Crippen molar-refractivity contribution >= 4 is 5.91 Å². The Morgan fingerprint density at radius 2 is 2.07 bits per heavy atom. The van der Waals surface area contributed by atoms with Crippen molar-refractivity contribution in [1.29, 1.82) is 5.53 Å². The molecule has 0 aromatic carbocycles. The minimum atomic E-state index is -0.667. The normalized spacial score (nSPS) is 13.4. The first-order chi connectivity index (χ1) is 6.32. The lowest BCUT2D eigenvalue weighted by atomic mass is 9.84. The summed E-state index contributed by atoms with van der Waals surface area (Å²) in [6, 6.07) is 0. The molecule has 1 amide bonds. The summed E-state index contributed by atoms with van der Waals surface area (Å²) in [5.41, 5.74) is 7.47. The molecule has 1 N–H and O–H groups in total. The van der Waals surface area contributed by atoms with Crippen LogP contribution >= 0.6 is 0 Å². The molecule has 1 unspecified atom stereocenters. The van der Waals surface area contributed by atoms with Crippen LogP contribution in [0.1, 0.15) is 27.2 Å². The number of rotatable bonds is 4. The molecule has 14 heavy (non-hydrogen) atoms. The van der Waals surface area contributed by atoms with Gasteiger partial charge >= 0.3 is 0 Å². The molecule has 0 bridgehead atoms. The van der Waals surface area contributed by atoms with Crippen LogP contribution in [0.2, 0.25) is 0 Å². The SMILES string of the molecule is C=C(CC(OC)C(=O)N=N)C(C)(C)C. The number of nitrogens with one attached hydrogen (secondary N) is 1. The Hall–Kier alpha value is -1.03. The zero-order valence-corrected chi connectivity index (χ0v) is 9.26. The van der Waals surface area contributed by atoms with E-state index in [1.54, 1.807) is 0 Å². The van der Waals surface area contributed by atoms with Gasteiger partial charge in [-0.1, -0.05) is 32.9 Å². The van der Waals surface area contributed by atoms with Gasteiger partial charge in [0, 0.05) is 13.5 Å². The van der Waals surface area contributed by atoms with Crippen LogP contribution in [-0.2, 0) is 9.53 Å². The third kappa shape index (κ3) is 3.79. The number of hydrogen-bond donors (Lipinski definition) is 1. The zero-order valence-electron chi connectivity index (χ0n) is 9.26. The van der Waals surface area contributed by atoms with Crippen LogP contribution in [0.4, 0.5) is 0 Å². The number of hydrogen-bond acceptors (Lipinski definition) is 3. The van der Waals surface area contributed by atoms with Crippen molar-refractivity contribution in [2.24, 2.45) is 10.5 Å². The van der Waals surface area contributed by atoms with Gasteiger partial charge in [0.15, 0.2) is 0 Å². The van der Waals surface area contributed by atoms with Gasteiger partial charge in [-0.25, -0.2) is 5.53 Å². The highest BCUT2D eigenvalue weighted by atomic mass is 16.5. The number of carbonyl (C=O) groups is 1. The molecule has 80 valence electrons. The third-order valence-corrected chi connectivity index (χ3v) is 2.16. The van der Waals surface area contributed by atoms with Crippen LogP contribution < -0.4 is 0 Å². The summed E-state index contributed by atoms with van der Waals surface area (Å²) in [4.78, 5) is 11.1. The van der Waals surface area contributed by atoms with Gasteiger partial charge in [0.05, 0.1) is 0 Å². The number of nitrogens with zero attached hydrogens (tertiary/aromatic N) is 1. The average molecular weight is 198 g/mol. The van der Waals surface area contributed by atoms with Crippen molar-refractivity contribution in [3.05, 3.63) is 12.2 Å². The van der Waals surface area contributed by atoms with E-state index < -0.39 is 12.0 Å². The van der Waals surface area contributed by atoms with Crippen LogP contribution in [0.25, 0.3) is 0 Å². The predicted octanol–water partition coefficient (Wildman–Crippen LogP) is 2.55. The monoisotopic (exact) mass is 198 g/mol. The summed E-state index contributed by atoms with van der Waals surface area (Å²) < 4.78 is 4.94. The van der Waals surface area contributed by atoms with E-state index in [9.17, 15) is 4.79 Å². The average Bonchev–Trinajstić information content (AvgIpc) is 2.10. The number of carbonyl (C=O) groups excluding carboxylic acids is 1. The van der Waals surface area contributed by atoms with Crippen LogP contribution in [0.5, 0.6) is 0 Å². The van der Waals surface area contributed by atoms with E-state index in [-0.39, 0.29) is 5.41 Å². The third-order valence-electron chi connectivity index (χ3n) is 2.16. The Balaban J connectivity index is 4.41. The zero-order chi connectivity index (χ0) is 11.4. The Kier molecular flexibility index (Phi) is 4.63. The van der Waals surface area contributed by atoms with Gasteiger partial charge in [0.2, 0.25) is 0 Å². The molecule has 4 heteroatoms. The van der Waals surface area contributed by atoms with Gasteiger partial charge in [0.1, 0.15) is 6.10 Å². The van der Waals surface area contributed by atoms with Crippen molar-refractivity contribution in [3.8, 4) is 0 Å². The highest BCUT2D eigenvalue weighted by molar-refractivity contribution is 5.81. The molecule has 0 aliphatic heterocycles. The second-order valence-electron chi connectivity index (χ2n) is 4.23. The molecule has 4 nitrogen and oxygen atoms in total. The first-order valence-corrected chi connectivity index (χ1v) is 4.45. The minimum Gasteiger partial charge on any atom is -0.371 e. The Labute approximate surface area is 84.8 Å². The standard InChI is InChI=1S/C10H18N2O2/c1-7(10(2,3)4)6-8(14-5)9(13)12-11/h8,11H,1,6H2,2-5H3. The fourth-order valence-electron chi connectivity index (χ4n) is 0.873. The van der Waals surface area contributed by atoms with Gasteiger partial charge < -0.3 is 4.74 Å². The van der Waals surface area contributed by atoms with Gasteiger partial charge in [-0.05, 0) is 5.41 Å². The van der Waals surface area contributed by atoms with Crippen molar-refractivity contribution < 1.29 is 9.53 Å². The van der Waals surface area contributed by atoms with Gasteiger partial charge in [-0.2, -0.15) is 0 Å². The molecule has 0 saturated heterocycles. The number of amides is 1. The Morgan fingerprint density at radius 1 is 1.57 bits per heavy atom. The molecular weight excluding hydrogens is 180 g/mol. The second-order valence-corrected chi connectivity index (χ2v) is 4.23. The smallest absolute Gasteiger partial charge is 0.292 e. The molecular formula is C10H18N2O2. The molecule has 0 heterocycles. The number of ether oxygens (including phenoxy) is 1. The molecule has 0 rings (SSSR count). The van der Waals surface area contributed by atoms with Crippen LogP contribution in [0.3, 0.4) is 0 Å². The van der Waals surface area contributed by atoms with Gasteiger partial charge in [-0.15, -0.1) is 5.11 Å². The summed E-state index contributed by atoms with van der Waals surface area (Å²) in [5.74, 6) is -0.557. The lowest BCUT2D eigenvalue weighted by Crippen LogP contribution is -2.24. The molecule has 0 fully saturated rings.